The molecule has 7 heteroatoms. The number of nitrogens with one attached hydrogen (secondary N) is 1. The van der Waals surface area contributed by atoms with E-state index in [1.54, 1.807) is 6.07 Å². The molecule has 1 aromatic heterocycles. The summed E-state index contributed by atoms with van der Waals surface area (Å²) in [5, 5.41) is 11.8. The molecule has 0 aliphatic rings. The fourth-order valence-electron chi connectivity index (χ4n) is 3.29. The van der Waals surface area contributed by atoms with Crippen LogP contribution in [0.15, 0.2) is 54.6 Å². The molecule has 0 amide bonds. The molecule has 0 aliphatic heterocycles. The van der Waals surface area contributed by atoms with E-state index in [9.17, 15) is 10.1 Å². The summed E-state index contributed by atoms with van der Waals surface area (Å²) in [7, 11) is 1.46. The maximum absolute atomic E-state index is 11.8. The summed E-state index contributed by atoms with van der Waals surface area (Å²) in [6.07, 6.45) is 0. The van der Waals surface area contributed by atoms with Crippen molar-refractivity contribution in [3.63, 3.8) is 0 Å². The minimum atomic E-state index is -0.469. The highest BCUT2D eigenvalue weighted by Gasteiger charge is 2.24. The maximum atomic E-state index is 11.8. The standard InChI is InChI=1S/C23H21N3O4/c1-14-9-18-19(10-15(14)2)25-23(24-18)17-11-20(26(27)28)22(21(12-17)29-3)30-13-16-7-5-4-6-8-16/h4-12H,13H2,1-3H3,(H,24,25). The number of hydrogen-bond donors (Lipinski definition) is 1. The van der Waals surface area contributed by atoms with E-state index in [0.717, 1.165) is 27.7 Å². The van der Waals surface area contributed by atoms with E-state index in [1.807, 2.05) is 56.3 Å². The average molecular weight is 403 g/mol. The minimum absolute atomic E-state index is 0.0953. The van der Waals surface area contributed by atoms with Gasteiger partial charge in [-0.3, -0.25) is 10.1 Å². The van der Waals surface area contributed by atoms with Crippen LogP contribution >= 0.6 is 0 Å². The second-order valence-corrected chi connectivity index (χ2v) is 7.10. The molecule has 0 aliphatic carbocycles. The molecule has 0 radical (unpaired) electrons. The van der Waals surface area contributed by atoms with Crippen LogP contribution in [0.5, 0.6) is 11.5 Å². The van der Waals surface area contributed by atoms with Crippen molar-refractivity contribution >= 4 is 16.7 Å². The Bertz CT molecular complexity index is 1190. The van der Waals surface area contributed by atoms with E-state index in [2.05, 4.69) is 9.97 Å². The van der Waals surface area contributed by atoms with Crippen LogP contribution in [0.25, 0.3) is 22.4 Å². The Kier molecular flexibility index (Phi) is 5.10. The third kappa shape index (κ3) is 3.69. The predicted octanol–water partition coefficient (Wildman–Crippen LogP) is 5.34. The molecule has 0 unspecified atom stereocenters. The minimum Gasteiger partial charge on any atom is -0.493 e. The molecule has 152 valence electrons. The van der Waals surface area contributed by atoms with E-state index >= 15 is 0 Å². The fraction of sp³-hybridized carbons (Fsp3) is 0.174. The number of ether oxygens (including phenoxy) is 2. The Morgan fingerprint density at radius 2 is 1.80 bits per heavy atom. The van der Waals surface area contributed by atoms with Crippen LogP contribution in [-0.4, -0.2) is 22.0 Å². The van der Waals surface area contributed by atoms with Crippen molar-refractivity contribution in [1.29, 1.82) is 0 Å². The van der Waals surface area contributed by atoms with Crippen LogP contribution in [0.2, 0.25) is 0 Å². The molecule has 4 rings (SSSR count). The Morgan fingerprint density at radius 3 is 2.50 bits per heavy atom. The first kappa shape index (κ1) is 19.4. The number of rotatable bonds is 6. The van der Waals surface area contributed by atoms with Gasteiger partial charge in [0.15, 0.2) is 5.75 Å². The lowest BCUT2D eigenvalue weighted by Crippen LogP contribution is -2.02. The number of aryl methyl sites for hydroxylation is 2. The van der Waals surface area contributed by atoms with Gasteiger partial charge in [0.25, 0.3) is 0 Å². The first-order valence-electron chi connectivity index (χ1n) is 9.46. The summed E-state index contributed by atoms with van der Waals surface area (Å²) >= 11 is 0. The summed E-state index contributed by atoms with van der Waals surface area (Å²) in [5.74, 6) is 0.909. The van der Waals surface area contributed by atoms with Gasteiger partial charge in [0.1, 0.15) is 12.4 Å². The fourth-order valence-corrected chi connectivity index (χ4v) is 3.29. The molecular formula is C23H21N3O4. The second kappa shape index (κ2) is 7.87. The summed E-state index contributed by atoms with van der Waals surface area (Å²) < 4.78 is 11.2. The molecule has 1 N–H and O–H groups in total. The normalized spacial score (nSPS) is 10.9. The highest BCUT2D eigenvalue weighted by atomic mass is 16.6. The van der Waals surface area contributed by atoms with E-state index in [1.165, 1.54) is 13.2 Å². The van der Waals surface area contributed by atoms with Gasteiger partial charge in [-0.25, -0.2) is 4.98 Å². The van der Waals surface area contributed by atoms with Crippen LogP contribution in [0.4, 0.5) is 5.69 Å². The molecule has 0 spiro atoms. The highest BCUT2D eigenvalue weighted by Crippen LogP contribution is 2.41. The van der Waals surface area contributed by atoms with Gasteiger partial charge in [0.05, 0.1) is 23.1 Å². The Hall–Kier alpha value is -3.87. The van der Waals surface area contributed by atoms with Gasteiger partial charge in [-0.05, 0) is 48.7 Å². The van der Waals surface area contributed by atoms with Gasteiger partial charge in [-0.15, -0.1) is 0 Å². The third-order valence-corrected chi connectivity index (χ3v) is 5.05. The molecule has 4 aromatic rings. The maximum Gasteiger partial charge on any atom is 0.315 e. The smallest absolute Gasteiger partial charge is 0.315 e. The van der Waals surface area contributed by atoms with E-state index in [-0.39, 0.29) is 23.8 Å². The zero-order valence-corrected chi connectivity index (χ0v) is 16.9. The first-order valence-corrected chi connectivity index (χ1v) is 9.46. The molecule has 0 saturated carbocycles. The number of aromatic nitrogens is 2. The van der Waals surface area contributed by atoms with Crippen LogP contribution in [-0.2, 0) is 6.61 Å². The van der Waals surface area contributed by atoms with Crippen LogP contribution in [0.3, 0.4) is 0 Å². The molecule has 0 saturated heterocycles. The van der Waals surface area contributed by atoms with Crippen LogP contribution in [0, 0.1) is 24.0 Å². The largest absolute Gasteiger partial charge is 0.493 e. The number of aromatic amines is 1. The van der Waals surface area contributed by atoms with Crippen molar-refractivity contribution in [3.8, 4) is 22.9 Å². The number of nitro groups is 1. The van der Waals surface area contributed by atoms with E-state index in [0.29, 0.717) is 11.4 Å². The van der Waals surface area contributed by atoms with Gasteiger partial charge in [-0.1, -0.05) is 30.3 Å². The molecular weight excluding hydrogens is 382 g/mol. The number of nitro benzene ring substituents is 1. The number of hydrogen-bond acceptors (Lipinski definition) is 5. The monoisotopic (exact) mass is 403 g/mol. The zero-order valence-electron chi connectivity index (χ0n) is 16.9. The molecule has 0 fully saturated rings. The lowest BCUT2D eigenvalue weighted by Gasteiger charge is -2.12. The SMILES string of the molecule is COc1cc(-c2nc3cc(C)c(C)cc3[nH]2)cc([N+](=O)[O-])c1OCc1ccccc1. The van der Waals surface area contributed by atoms with Crippen molar-refractivity contribution in [1.82, 2.24) is 9.97 Å². The molecule has 7 nitrogen and oxygen atoms in total. The summed E-state index contributed by atoms with van der Waals surface area (Å²) in [6.45, 7) is 4.25. The quantitative estimate of drug-likeness (QED) is 0.346. The molecule has 3 aromatic carbocycles. The van der Waals surface area contributed by atoms with Crippen molar-refractivity contribution < 1.29 is 14.4 Å². The second-order valence-electron chi connectivity index (χ2n) is 7.10. The Labute approximate surface area is 173 Å². The number of H-pyrrole nitrogens is 1. The number of fused-ring (bicyclic) bond motifs is 1. The van der Waals surface area contributed by atoms with Crippen LogP contribution < -0.4 is 9.47 Å². The van der Waals surface area contributed by atoms with Crippen molar-refractivity contribution in [2.45, 2.75) is 20.5 Å². The number of imidazole rings is 1. The van der Waals surface area contributed by atoms with E-state index in [4.69, 9.17) is 9.47 Å². The Balaban J connectivity index is 1.76. The summed E-state index contributed by atoms with van der Waals surface area (Å²) in [6, 6.07) is 16.6. The topological polar surface area (TPSA) is 90.3 Å². The van der Waals surface area contributed by atoms with E-state index < -0.39 is 4.92 Å². The highest BCUT2D eigenvalue weighted by molar-refractivity contribution is 5.82. The predicted molar refractivity (Wildman–Crippen MR) is 115 cm³/mol. The van der Waals surface area contributed by atoms with Crippen molar-refractivity contribution in [2.75, 3.05) is 7.11 Å². The molecule has 0 atom stereocenters. The average Bonchev–Trinajstić information content (AvgIpc) is 3.15. The first-order chi connectivity index (χ1) is 14.5. The van der Waals surface area contributed by atoms with Crippen molar-refractivity contribution in [2.24, 2.45) is 0 Å². The van der Waals surface area contributed by atoms with Crippen LogP contribution in [0.1, 0.15) is 16.7 Å². The van der Waals surface area contributed by atoms with Crippen molar-refractivity contribution in [3.05, 3.63) is 81.4 Å². The lowest BCUT2D eigenvalue weighted by molar-refractivity contribution is -0.386. The van der Waals surface area contributed by atoms with Gasteiger partial charge in [0, 0.05) is 11.6 Å². The molecule has 1 heterocycles. The molecule has 30 heavy (non-hydrogen) atoms. The lowest BCUT2D eigenvalue weighted by atomic mass is 10.1. The Morgan fingerprint density at radius 1 is 1.07 bits per heavy atom. The zero-order chi connectivity index (χ0) is 21.3. The van der Waals surface area contributed by atoms with Gasteiger partial charge in [-0.2, -0.15) is 0 Å². The number of benzene rings is 3. The van der Waals surface area contributed by atoms with Gasteiger partial charge in [0.2, 0.25) is 5.75 Å². The van der Waals surface area contributed by atoms with Gasteiger partial charge >= 0.3 is 5.69 Å². The van der Waals surface area contributed by atoms with Gasteiger partial charge < -0.3 is 14.5 Å². The molecule has 0 bridgehead atoms. The number of nitrogens with zero attached hydrogens (tertiary/aromatic N) is 2. The summed E-state index contributed by atoms with van der Waals surface area (Å²) in [5.41, 5.74) is 5.24. The summed E-state index contributed by atoms with van der Waals surface area (Å²) in [4.78, 5) is 19.2. The third-order valence-electron chi connectivity index (χ3n) is 5.05. The number of methoxy groups -OCH3 is 1.